The molecule has 0 aliphatic carbocycles. The van der Waals surface area contributed by atoms with E-state index in [9.17, 15) is 14.9 Å². The topological polar surface area (TPSA) is 100 Å². The largest absolute Gasteiger partial charge is 0.497 e. The van der Waals surface area contributed by atoms with Gasteiger partial charge in [-0.25, -0.2) is 4.79 Å². The Bertz CT molecular complexity index is 899. The Labute approximate surface area is 163 Å². The highest BCUT2D eigenvalue weighted by atomic mass is 16.5. The third kappa shape index (κ3) is 5.88. The molecular weight excluding hydrogens is 358 g/mol. The van der Waals surface area contributed by atoms with Crippen LogP contribution in [0.2, 0.25) is 0 Å². The maximum atomic E-state index is 12.2. The van der Waals surface area contributed by atoms with Crippen LogP contribution in [-0.4, -0.2) is 32.6 Å². The summed E-state index contributed by atoms with van der Waals surface area (Å²) >= 11 is 0. The van der Waals surface area contributed by atoms with Crippen molar-refractivity contribution in [2.75, 3.05) is 26.1 Å². The van der Waals surface area contributed by atoms with E-state index < -0.39 is 11.9 Å². The van der Waals surface area contributed by atoms with Crippen molar-refractivity contribution in [1.82, 2.24) is 5.32 Å². The summed E-state index contributed by atoms with van der Waals surface area (Å²) in [5.74, 6) is -0.179. The van der Waals surface area contributed by atoms with Gasteiger partial charge in [-0.15, -0.1) is 0 Å². The molecule has 0 saturated carbocycles. The standard InChI is InChI=1S/C21H21N3O4/c1-27-19-8-6-15(7-9-19)10-11-23-20(25)17(13-22)14-24-18-5-3-4-16(12-18)21(26)28-2/h3-9,12,14,24H,10-11H2,1-2H3,(H,23,25)/b17-14-. The van der Waals surface area contributed by atoms with Crippen LogP contribution in [0.3, 0.4) is 0 Å². The second-order valence-electron chi connectivity index (χ2n) is 5.74. The van der Waals surface area contributed by atoms with E-state index in [0.717, 1.165) is 11.3 Å². The fourth-order valence-electron chi connectivity index (χ4n) is 2.37. The minimum Gasteiger partial charge on any atom is -0.497 e. The van der Waals surface area contributed by atoms with Gasteiger partial charge in [-0.05, 0) is 42.3 Å². The molecule has 0 heterocycles. The molecule has 2 aromatic rings. The smallest absolute Gasteiger partial charge is 0.337 e. The molecule has 0 aromatic heterocycles. The molecule has 2 aromatic carbocycles. The maximum absolute atomic E-state index is 12.2. The van der Waals surface area contributed by atoms with Crippen molar-refractivity contribution >= 4 is 17.6 Å². The fourth-order valence-corrected chi connectivity index (χ4v) is 2.37. The predicted octanol–water partition coefficient (Wildman–Crippen LogP) is 2.66. The zero-order valence-electron chi connectivity index (χ0n) is 15.7. The van der Waals surface area contributed by atoms with Crippen molar-refractivity contribution < 1.29 is 19.1 Å². The second kappa shape index (κ2) is 10.4. The van der Waals surface area contributed by atoms with E-state index in [1.807, 2.05) is 30.3 Å². The van der Waals surface area contributed by atoms with Crippen LogP contribution < -0.4 is 15.4 Å². The number of nitrogens with zero attached hydrogens (tertiary/aromatic N) is 1. The average molecular weight is 379 g/mol. The number of rotatable bonds is 8. The number of hydrogen-bond donors (Lipinski definition) is 2. The van der Waals surface area contributed by atoms with Crippen molar-refractivity contribution in [1.29, 1.82) is 5.26 Å². The number of anilines is 1. The molecule has 0 saturated heterocycles. The van der Waals surface area contributed by atoms with E-state index in [2.05, 4.69) is 15.4 Å². The molecule has 0 spiro atoms. The average Bonchev–Trinajstić information content (AvgIpc) is 2.74. The summed E-state index contributed by atoms with van der Waals surface area (Å²) < 4.78 is 9.77. The molecule has 0 fully saturated rings. The van der Waals surface area contributed by atoms with Crippen molar-refractivity contribution in [3.05, 3.63) is 71.4 Å². The predicted molar refractivity (Wildman–Crippen MR) is 105 cm³/mol. The van der Waals surface area contributed by atoms with Crippen LogP contribution in [0.15, 0.2) is 60.3 Å². The lowest BCUT2D eigenvalue weighted by molar-refractivity contribution is -0.117. The number of carbonyl (C=O) groups is 2. The van der Waals surface area contributed by atoms with Gasteiger partial charge in [0.2, 0.25) is 0 Å². The van der Waals surface area contributed by atoms with E-state index in [1.165, 1.54) is 13.3 Å². The van der Waals surface area contributed by atoms with E-state index in [1.54, 1.807) is 31.4 Å². The SMILES string of the molecule is COC(=O)c1cccc(N/C=C(/C#N)C(=O)NCCc2ccc(OC)cc2)c1. The molecule has 0 aliphatic rings. The summed E-state index contributed by atoms with van der Waals surface area (Å²) in [5.41, 5.74) is 1.89. The highest BCUT2D eigenvalue weighted by Crippen LogP contribution is 2.13. The summed E-state index contributed by atoms with van der Waals surface area (Å²) in [4.78, 5) is 23.7. The van der Waals surface area contributed by atoms with Gasteiger partial charge in [0.1, 0.15) is 17.4 Å². The third-order valence-corrected chi connectivity index (χ3v) is 3.89. The lowest BCUT2D eigenvalue weighted by Gasteiger charge is -2.07. The molecule has 1 amide bonds. The van der Waals surface area contributed by atoms with E-state index in [-0.39, 0.29) is 5.57 Å². The number of hydrogen-bond acceptors (Lipinski definition) is 6. The summed E-state index contributed by atoms with van der Waals surface area (Å²) in [6.45, 7) is 0.391. The molecule has 7 nitrogen and oxygen atoms in total. The Hall–Kier alpha value is -3.79. The van der Waals surface area contributed by atoms with Gasteiger partial charge in [0.05, 0.1) is 19.8 Å². The first-order valence-corrected chi connectivity index (χ1v) is 8.53. The Kier molecular flexibility index (Phi) is 7.61. The normalized spacial score (nSPS) is 10.5. The lowest BCUT2D eigenvalue weighted by atomic mass is 10.1. The van der Waals surface area contributed by atoms with Gasteiger partial charge >= 0.3 is 5.97 Å². The minimum atomic E-state index is -0.479. The number of amides is 1. The highest BCUT2D eigenvalue weighted by molar-refractivity contribution is 5.97. The molecule has 0 unspecified atom stereocenters. The van der Waals surface area contributed by atoms with Gasteiger partial charge in [-0.3, -0.25) is 4.79 Å². The summed E-state index contributed by atoms with van der Waals surface area (Å²) in [5, 5.41) is 14.8. The number of nitriles is 1. The van der Waals surface area contributed by atoms with Gasteiger partial charge in [-0.1, -0.05) is 18.2 Å². The second-order valence-corrected chi connectivity index (χ2v) is 5.74. The zero-order valence-corrected chi connectivity index (χ0v) is 15.7. The first-order valence-electron chi connectivity index (χ1n) is 8.53. The van der Waals surface area contributed by atoms with E-state index in [4.69, 9.17) is 4.74 Å². The van der Waals surface area contributed by atoms with Gasteiger partial charge in [-0.2, -0.15) is 5.26 Å². The number of esters is 1. The number of ether oxygens (including phenoxy) is 2. The van der Waals surface area contributed by atoms with Crippen molar-refractivity contribution in [3.63, 3.8) is 0 Å². The Morgan fingerprint density at radius 3 is 2.54 bits per heavy atom. The summed E-state index contributed by atoms with van der Waals surface area (Å²) in [7, 11) is 2.90. The van der Waals surface area contributed by atoms with Crippen LogP contribution in [0.1, 0.15) is 15.9 Å². The van der Waals surface area contributed by atoms with Gasteiger partial charge in [0, 0.05) is 18.4 Å². The summed E-state index contributed by atoms with van der Waals surface area (Å²) in [6.07, 6.45) is 1.93. The molecule has 28 heavy (non-hydrogen) atoms. The van der Waals surface area contributed by atoms with Crippen LogP contribution in [0.25, 0.3) is 0 Å². The van der Waals surface area contributed by atoms with Crippen molar-refractivity contribution in [3.8, 4) is 11.8 Å². The third-order valence-electron chi connectivity index (χ3n) is 3.89. The number of nitrogens with one attached hydrogen (secondary N) is 2. The highest BCUT2D eigenvalue weighted by Gasteiger charge is 2.09. The number of carbonyl (C=O) groups excluding carboxylic acids is 2. The Balaban J connectivity index is 1.91. The van der Waals surface area contributed by atoms with Gasteiger partial charge in [0.15, 0.2) is 0 Å². The minimum absolute atomic E-state index is 0.0711. The number of methoxy groups -OCH3 is 2. The Morgan fingerprint density at radius 2 is 1.89 bits per heavy atom. The van der Waals surface area contributed by atoms with Crippen LogP contribution in [0.4, 0.5) is 5.69 Å². The van der Waals surface area contributed by atoms with E-state index in [0.29, 0.717) is 24.2 Å². The molecule has 2 N–H and O–H groups in total. The molecule has 0 bridgehead atoms. The van der Waals surface area contributed by atoms with Crippen LogP contribution >= 0.6 is 0 Å². The lowest BCUT2D eigenvalue weighted by Crippen LogP contribution is -2.27. The molecule has 0 radical (unpaired) electrons. The maximum Gasteiger partial charge on any atom is 0.337 e. The Morgan fingerprint density at radius 1 is 1.14 bits per heavy atom. The first-order chi connectivity index (χ1) is 13.6. The zero-order chi connectivity index (χ0) is 20.4. The molecule has 0 aliphatic heterocycles. The van der Waals surface area contributed by atoms with Gasteiger partial charge in [0.25, 0.3) is 5.91 Å². The monoisotopic (exact) mass is 379 g/mol. The van der Waals surface area contributed by atoms with Crippen molar-refractivity contribution in [2.45, 2.75) is 6.42 Å². The van der Waals surface area contributed by atoms with E-state index >= 15 is 0 Å². The quantitative estimate of drug-likeness (QED) is 0.415. The summed E-state index contributed by atoms with van der Waals surface area (Å²) in [6, 6.07) is 16.0. The van der Waals surface area contributed by atoms with Crippen LogP contribution in [0.5, 0.6) is 5.75 Å². The van der Waals surface area contributed by atoms with Crippen molar-refractivity contribution in [2.24, 2.45) is 0 Å². The molecule has 2 rings (SSSR count). The first kappa shape index (κ1) is 20.5. The van der Waals surface area contributed by atoms with Gasteiger partial charge < -0.3 is 20.1 Å². The number of benzene rings is 2. The van der Waals surface area contributed by atoms with Crippen LogP contribution in [0, 0.1) is 11.3 Å². The fraction of sp³-hybridized carbons (Fsp3) is 0.190. The molecule has 7 heteroatoms. The molecule has 0 atom stereocenters. The van der Waals surface area contributed by atoms with Crippen LogP contribution in [-0.2, 0) is 16.0 Å². The molecular formula is C21H21N3O4. The molecule has 144 valence electrons.